The summed E-state index contributed by atoms with van der Waals surface area (Å²) in [4.78, 5) is 3.96. The number of rotatable bonds is 5. The average Bonchev–Trinajstić information content (AvgIpc) is 3.00. The second-order valence-electron chi connectivity index (χ2n) is 4.74. The van der Waals surface area contributed by atoms with Gasteiger partial charge in [0.25, 0.3) is 0 Å². The number of nitrogens with one attached hydrogen (secondary N) is 1. The minimum Gasteiger partial charge on any atom is -0.381 e. The predicted molar refractivity (Wildman–Crippen MR) is 87.0 cm³/mol. The third-order valence-electron chi connectivity index (χ3n) is 3.18. The van der Waals surface area contributed by atoms with Gasteiger partial charge in [-0.15, -0.1) is 0 Å². The first kappa shape index (κ1) is 13.8. The second-order valence-corrected chi connectivity index (χ2v) is 5.59. The maximum atomic E-state index is 4.13. The molecular weight excluding hydrogens is 328 g/mol. The highest BCUT2D eigenvalue weighted by atomic mass is 79.9. The summed E-state index contributed by atoms with van der Waals surface area (Å²) in [6.07, 6.45) is 3.27. The molecule has 0 atom stereocenters. The van der Waals surface area contributed by atoms with E-state index in [9.17, 15) is 0 Å². The van der Waals surface area contributed by atoms with E-state index >= 15 is 0 Å². The molecule has 0 aliphatic carbocycles. The van der Waals surface area contributed by atoms with Crippen LogP contribution in [0.5, 0.6) is 0 Å². The molecule has 0 amide bonds. The number of halogens is 1. The number of hydrogen-bond donors (Lipinski definition) is 1. The average molecular weight is 343 g/mol. The summed E-state index contributed by atoms with van der Waals surface area (Å²) in [6.45, 7) is 1.51. The van der Waals surface area contributed by atoms with Gasteiger partial charge in [-0.05, 0) is 29.3 Å². The Morgan fingerprint density at radius 1 is 1.10 bits per heavy atom. The van der Waals surface area contributed by atoms with E-state index in [-0.39, 0.29) is 0 Å². The van der Waals surface area contributed by atoms with Crippen LogP contribution >= 0.6 is 15.9 Å². The smallest absolute Gasteiger partial charge is 0.137 e. The first-order valence-corrected chi connectivity index (χ1v) is 7.49. The number of hydrogen-bond acceptors (Lipinski definition) is 3. The molecule has 106 valence electrons. The highest BCUT2D eigenvalue weighted by Crippen LogP contribution is 2.18. The van der Waals surface area contributed by atoms with Gasteiger partial charge in [-0.1, -0.05) is 46.3 Å². The van der Waals surface area contributed by atoms with Gasteiger partial charge < -0.3 is 5.32 Å². The topological polar surface area (TPSA) is 42.7 Å². The van der Waals surface area contributed by atoms with Gasteiger partial charge in [0.1, 0.15) is 12.7 Å². The summed E-state index contributed by atoms with van der Waals surface area (Å²) in [5.74, 6) is 0. The van der Waals surface area contributed by atoms with Crippen LogP contribution < -0.4 is 5.32 Å². The van der Waals surface area contributed by atoms with Crippen molar-refractivity contribution >= 4 is 21.6 Å². The summed E-state index contributed by atoms with van der Waals surface area (Å²) in [7, 11) is 0. The highest BCUT2D eigenvalue weighted by molar-refractivity contribution is 9.10. The van der Waals surface area contributed by atoms with E-state index in [1.54, 1.807) is 12.7 Å². The molecule has 3 aromatic rings. The van der Waals surface area contributed by atoms with E-state index in [1.165, 1.54) is 11.1 Å². The third-order valence-corrected chi connectivity index (χ3v) is 3.95. The van der Waals surface area contributed by atoms with E-state index in [0.717, 1.165) is 23.2 Å². The van der Waals surface area contributed by atoms with Crippen LogP contribution in [0.4, 0.5) is 5.69 Å². The molecule has 3 rings (SSSR count). The summed E-state index contributed by atoms with van der Waals surface area (Å²) >= 11 is 3.57. The van der Waals surface area contributed by atoms with Crippen molar-refractivity contribution in [1.82, 2.24) is 14.8 Å². The molecule has 0 spiro atoms. The third kappa shape index (κ3) is 3.70. The van der Waals surface area contributed by atoms with Gasteiger partial charge in [0, 0.05) is 16.7 Å². The normalized spacial score (nSPS) is 10.5. The fraction of sp³-hybridized carbons (Fsp3) is 0.125. The van der Waals surface area contributed by atoms with Gasteiger partial charge in [0.15, 0.2) is 0 Å². The van der Waals surface area contributed by atoms with Gasteiger partial charge in [0.05, 0.1) is 6.54 Å². The summed E-state index contributed by atoms with van der Waals surface area (Å²) in [6, 6.07) is 16.6. The number of nitrogens with zero attached hydrogens (tertiary/aromatic N) is 3. The van der Waals surface area contributed by atoms with Crippen molar-refractivity contribution in [3.05, 3.63) is 76.8 Å². The molecule has 0 aliphatic rings. The van der Waals surface area contributed by atoms with Crippen molar-refractivity contribution in [2.24, 2.45) is 0 Å². The molecule has 1 aromatic heterocycles. The van der Waals surface area contributed by atoms with Gasteiger partial charge in [-0.3, -0.25) is 0 Å². The van der Waals surface area contributed by atoms with Crippen LogP contribution in [0.2, 0.25) is 0 Å². The number of aromatic nitrogens is 3. The minimum atomic E-state index is 0.727. The van der Waals surface area contributed by atoms with Gasteiger partial charge >= 0.3 is 0 Å². The van der Waals surface area contributed by atoms with Crippen molar-refractivity contribution in [2.45, 2.75) is 13.1 Å². The highest BCUT2D eigenvalue weighted by Gasteiger charge is 2.00. The van der Waals surface area contributed by atoms with Crippen LogP contribution in [0.1, 0.15) is 11.1 Å². The van der Waals surface area contributed by atoms with E-state index in [2.05, 4.69) is 67.7 Å². The molecule has 21 heavy (non-hydrogen) atoms. The zero-order chi connectivity index (χ0) is 14.5. The number of benzene rings is 2. The van der Waals surface area contributed by atoms with Gasteiger partial charge in [-0.25, -0.2) is 9.67 Å². The van der Waals surface area contributed by atoms with E-state index in [4.69, 9.17) is 0 Å². The quantitative estimate of drug-likeness (QED) is 0.768. The molecule has 1 N–H and O–H groups in total. The second kappa shape index (κ2) is 6.54. The molecule has 5 heteroatoms. The van der Waals surface area contributed by atoms with Crippen molar-refractivity contribution in [3.63, 3.8) is 0 Å². The minimum absolute atomic E-state index is 0.727. The van der Waals surface area contributed by atoms with Crippen molar-refractivity contribution < 1.29 is 0 Å². The summed E-state index contributed by atoms with van der Waals surface area (Å²) in [5.41, 5.74) is 3.53. The van der Waals surface area contributed by atoms with Crippen LogP contribution in [-0.4, -0.2) is 14.8 Å². The van der Waals surface area contributed by atoms with E-state index < -0.39 is 0 Å². The van der Waals surface area contributed by atoms with Crippen molar-refractivity contribution in [3.8, 4) is 0 Å². The Morgan fingerprint density at radius 2 is 2.00 bits per heavy atom. The molecule has 1 heterocycles. The summed E-state index contributed by atoms with van der Waals surface area (Å²) < 4.78 is 2.93. The maximum absolute atomic E-state index is 4.13. The molecule has 0 radical (unpaired) electrons. The summed E-state index contributed by atoms with van der Waals surface area (Å²) in [5, 5.41) is 7.57. The van der Waals surface area contributed by atoms with Gasteiger partial charge in [0.2, 0.25) is 0 Å². The lowest BCUT2D eigenvalue weighted by atomic mass is 10.2. The van der Waals surface area contributed by atoms with Crippen molar-refractivity contribution in [2.75, 3.05) is 5.32 Å². The maximum Gasteiger partial charge on any atom is 0.137 e. The van der Waals surface area contributed by atoms with Crippen LogP contribution in [0.15, 0.2) is 65.7 Å². The lowest BCUT2D eigenvalue weighted by molar-refractivity contribution is 0.685. The zero-order valence-corrected chi connectivity index (χ0v) is 13.0. The Labute approximate surface area is 132 Å². The number of anilines is 1. The van der Waals surface area contributed by atoms with Crippen LogP contribution in [0, 0.1) is 0 Å². The Morgan fingerprint density at radius 3 is 2.81 bits per heavy atom. The molecule has 0 unspecified atom stereocenters. The fourth-order valence-corrected chi connectivity index (χ4v) is 2.55. The lowest BCUT2D eigenvalue weighted by Crippen LogP contribution is -2.03. The Hall–Kier alpha value is -2.14. The molecule has 2 aromatic carbocycles. The van der Waals surface area contributed by atoms with Crippen LogP contribution in [0.3, 0.4) is 0 Å². The van der Waals surface area contributed by atoms with E-state index in [0.29, 0.717) is 0 Å². The van der Waals surface area contributed by atoms with Crippen LogP contribution in [-0.2, 0) is 13.1 Å². The molecule has 0 saturated heterocycles. The Bertz CT molecular complexity index is 710. The fourth-order valence-electron chi connectivity index (χ4n) is 2.12. The Balaban J connectivity index is 1.67. The standard InChI is InChI=1S/C16H15BrN4/c17-16-7-2-1-5-14(16)9-19-15-6-3-4-13(8-15)10-21-12-18-11-20-21/h1-8,11-12,19H,9-10H2. The van der Waals surface area contributed by atoms with Crippen LogP contribution in [0.25, 0.3) is 0 Å². The molecule has 4 nitrogen and oxygen atoms in total. The molecule has 0 fully saturated rings. The molecule has 0 aliphatic heterocycles. The monoisotopic (exact) mass is 342 g/mol. The zero-order valence-electron chi connectivity index (χ0n) is 11.4. The molecule has 0 saturated carbocycles. The predicted octanol–water partition coefficient (Wildman–Crippen LogP) is 3.70. The largest absolute Gasteiger partial charge is 0.381 e. The van der Waals surface area contributed by atoms with Gasteiger partial charge in [-0.2, -0.15) is 5.10 Å². The first-order chi connectivity index (χ1) is 10.3. The van der Waals surface area contributed by atoms with Crippen molar-refractivity contribution in [1.29, 1.82) is 0 Å². The first-order valence-electron chi connectivity index (χ1n) is 6.70. The SMILES string of the molecule is Brc1ccccc1CNc1cccc(Cn2cncn2)c1. The van der Waals surface area contributed by atoms with E-state index in [1.807, 2.05) is 16.8 Å². The molecule has 0 bridgehead atoms. The Kier molecular flexibility index (Phi) is 4.31. The lowest BCUT2D eigenvalue weighted by Gasteiger charge is -2.10. The molecular formula is C16H15BrN4.